The van der Waals surface area contributed by atoms with Crippen molar-refractivity contribution in [2.45, 2.75) is 12.5 Å². The number of H-pyrrole nitrogens is 1. The predicted molar refractivity (Wildman–Crippen MR) is 84.1 cm³/mol. The number of carbonyl (C=O) groups is 1. The lowest BCUT2D eigenvalue weighted by Gasteiger charge is -2.09. The Morgan fingerprint density at radius 1 is 1.36 bits per heavy atom. The van der Waals surface area contributed by atoms with Gasteiger partial charge in [0, 0.05) is 23.5 Å². The van der Waals surface area contributed by atoms with E-state index in [1.54, 1.807) is 24.6 Å². The van der Waals surface area contributed by atoms with Crippen molar-refractivity contribution in [2.24, 2.45) is 4.99 Å². The molecule has 0 aliphatic carbocycles. The fraction of sp³-hybridized carbons (Fsp3) is 0.176. The minimum Gasteiger partial charge on any atom is -0.467 e. The van der Waals surface area contributed by atoms with Crippen LogP contribution in [-0.4, -0.2) is 30.3 Å². The molecule has 2 heterocycles. The number of rotatable bonds is 5. The van der Waals surface area contributed by atoms with Crippen LogP contribution in [0.25, 0.3) is 10.9 Å². The summed E-state index contributed by atoms with van der Waals surface area (Å²) in [5, 5.41) is 1.09. The van der Waals surface area contributed by atoms with Gasteiger partial charge in [0.05, 0.1) is 19.6 Å². The molecule has 0 fully saturated rings. The molecule has 1 aromatic carbocycles. The number of carbonyl (C=O) groups excluding carboxylic acids is 1. The number of ether oxygens (including phenoxy) is 1. The molecular weight excluding hydrogens is 280 g/mol. The number of nitrogens with one attached hydrogen (secondary N) is 1. The SMILES string of the molecule is COC(=O)C(Cc1c[nH]c2ccccc12)N=Cc1ccco1. The summed E-state index contributed by atoms with van der Waals surface area (Å²) in [7, 11) is 1.37. The third-order valence-corrected chi connectivity index (χ3v) is 3.49. The lowest BCUT2D eigenvalue weighted by molar-refractivity contribution is -0.142. The van der Waals surface area contributed by atoms with Crippen LogP contribution in [0.1, 0.15) is 11.3 Å². The Morgan fingerprint density at radius 3 is 3.00 bits per heavy atom. The summed E-state index contributed by atoms with van der Waals surface area (Å²) in [4.78, 5) is 19.5. The maximum Gasteiger partial charge on any atom is 0.330 e. The number of furan rings is 1. The van der Waals surface area contributed by atoms with Crippen molar-refractivity contribution in [3.8, 4) is 0 Å². The summed E-state index contributed by atoms with van der Waals surface area (Å²) >= 11 is 0. The molecule has 3 rings (SSSR count). The van der Waals surface area contributed by atoms with Gasteiger partial charge in [0.25, 0.3) is 0 Å². The summed E-state index contributed by atoms with van der Waals surface area (Å²) in [6, 6.07) is 10.9. The highest BCUT2D eigenvalue weighted by atomic mass is 16.5. The minimum atomic E-state index is -0.602. The van der Waals surface area contributed by atoms with Gasteiger partial charge in [0.15, 0.2) is 6.04 Å². The van der Waals surface area contributed by atoms with Crippen molar-refractivity contribution < 1.29 is 13.9 Å². The molecule has 5 nitrogen and oxygen atoms in total. The Hall–Kier alpha value is -2.82. The van der Waals surface area contributed by atoms with Crippen molar-refractivity contribution >= 4 is 23.1 Å². The van der Waals surface area contributed by atoms with Crippen LogP contribution in [0.3, 0.4) is 0 Å². The number of hydrogen-bond donors (Lipinski definition) is 1. The number of aliphatic imine (C=N–C) groups is 1. The van der Waals surface area contributed by atoms with Gasteiger partial charge in [-0.1, -0.05) is 18.2 Å². The lowest BCUT2D eigenvalue weighted by Crippen LogP contribution is -2.23. The predicted octanol–water partition coefficient (Wildman–Crippen LogP) is 2.96. The Bertz CT molecular complexity index is 787. The number of benzene rings is 1. The normalized spacial score (nSPS) is 12.8. The smallest absolute Gasteiger partial charge is 0.330 e. The van der Waals surface area contributed by atoms with Crippen molar-refractivity contribution in [2.75, 3.05) is 7.11 Å². The lowest BCUT2D eigenvalue weighted by atomic mass is 10.1. The van der Waals surface area contributed by atoms with E-state index in [2.05, 4.69) is 9.98 Å². The molecule has 0 radical (unpaired) electrons. The summed E-state index contributed by atoms with van der Waals surface area (Å²) in [6.45, 7) is 0. The first-order chi connectivity index (χ1) is 10.8. The van der Waals surface area contributed by atoms with Crippen molar-refractivity contribution in [1.29, 1.82) is 0 Å². The summed E-state index contributed by atoms with van der Waals surface area (Å²) in [6.07, 6.45) is 5.49. The van der Waals surface area contributed by atoms with Gasteiger partial charge in [-0.25, -0.2) is 4.79 Å². The van der Waals surface area contributed by atoms with E-state index < -0.39 is 6.04 Å². The molecule has 5 heteroatoms. The number of nitrogens with zero attached hydrogens (tertiary/aromatic N) is 1. The summed E-state index contributed by atoms with van der Waals surface area (Å²) in [5.41, 5.74) is 2.07. The van der Waals surface area contributed by atoms with Crippen molar-refractivity contribution in [3.05, 3.63) is 60.2 Å². The van der Waals surface area contributed by atoms with Crippen LogP contribution in [0.15, 0.2) is 58.3 Å². The fourth-order valence-electron chi connectivity index (χ4n) is 2.37. The molecule has 1 N–H and O–H groups in total. The standard InChI is InChI=1S/C17H16N2O3/c1-21-17(20)16(19-11-13-5-4-8-22-13)9-12-10-18-15-7-3-2-6-14(12)15/h2-8,10-11,16,18H,9H2,1H3. The zero-order chi connectivity index (χ0) is 15.4. The Labute approximate surface area is 127 Å². The summed E-state index contributed by atoms with van der Waals surface area (Å²) < 4.78 is 10.0. The molecule has 0 aliphatic rings. The Morgan fingerprint density at radius 2 is 2.23 bits per heavy atom. The molecule has 0 saturated heterocycles. The van der Waals surface area contributed by atoms with Gasteiger partial charge in [-0.2, -0.15) is 0 Å². The highest BCUT2D eigenvalue weighted by Crippen LogP contribution is 2.20. The minimum absolute atomic E-state index is 0.368. The maximum absolute atomic E-state index is 12.0. The van der Waals surface area contributed by atoms with Crippen LogP contribution in [0, 0.1) is 0 Å². The van der Waals surface area contributed by atoms with E-state index in [1.165, 1.54) is 7.11 Å². The van der Waals surface area contributed by atoms with E-state index >= 15 is 0 Å². The molecule has 0 spiro atoms. The third-order valence-electron chi connectivity index (χ3n) is 3.49. The van der Waals surface area contributed by atoms with E-state index in [4.69, 9.17) is 9.15 Å². The first-order valence-corrected chi connectivity index (χ1v) is 6.97. The largest absolute Gasteiger partial charge is 0.467 e. The van der Waals surface area contributed by atoms with Crippen LogP contribution in [0.5, 0.6) is 0 Å². The first-order valence-electron chi connectivity index (χ1n) is 6.97. The van der Waals surface area contributed by atoms with E-state index in [0.717, 1.165) is 16.5 Å². The number of para-hydroxylation sites is 1. The Balaban J connectivity index is 1.85. The quantitative estimate of drug-likeness (QED) is 0.581. The molecule has 22 heavy (non-hydrogen) atoms. The number of fused-ring (bicyclic) bond motifs is 1. The summed E-state index contributed by atoms with van der Waals surface area (Å²) in [5.74, 6) is 0.237. The second-order valence-corrected chi connectivity index (χ2v) is 4.90. The van der Waals surface area contributed by atoms with Gasteiger partial charge in [0.1, 0.15) is 5.76 Å². The number of aromatic amines is 1. The highest BCUT2D eigenvalue weighted by molar-refractivity contribution is 5.86. The van der Waals surface area contributed by atoms with Crippen LogP contribution in [0.2, 0.25) is 0 Å². The zero-order valence-electron chi connectivity index (χ0n) is 12.2. The number of aromatic nitrogens is 1. The fourth-order valence-corrected chi connectivity index (χ4v) is 2.37. The van der Waals surface area contributed by atoms with E-state index in [9.17, 15) is 4.79 Å². The van der Waals surface area contributed by atoms with Crippen molar-refractivity contribution in [3.63, 3.8) is 0 Å². The van der Waals surface area contributed by atoms with Crippen molar-refractivity contribution in [1.82, 2.24) is 4.98 Å². The number of hydrogen-bond acceptors (Lipinski definition) is 4. The van der Waals surface area contributed by atoms with Crippen LogP contribution in [-0.2, 0) is 16.0 Å². The van der Waals surface area contributed by atoms with Gasteiger partial charge in [-0.05, 0) is 23.8 Å². The molecule has 112 valence electrons. The molecule has 1 unspecified atom stereocenters. The molecule has 0 bridgehead atoms. The van der Waals surface area contributed by atoms with Gasteiger partial charge >= 0.3 is 5.97 Å². The zero-order valence-corrected chi connectivity index (χ0v) is 12.2. The second kappa shape index (κ2) is 6.30. The molecule has 3 aromatic rings. The third kappa shape index (κ3) is 2.93. The second-order valence-electron chi connectivity index (χ2n) is 4.90. The average Bonchev–Trinajstić information content (AvgIpc) is 3.20. The highest BCUT2D eigenvalue weighted by Gasteiger charge is 2.19. The average molecular weight is 296 g/mol. The van der Waals surface area contributed by atoms with E-state index in [1.807, 2.05) is 30.5 Å². The number of esters is 1. The first kappa shape index (κ1) is 14.1. The monoisotopic (exact) mass is 296 g/mol. The van der Waals surface area contributed by atoms with Crippen LogP contribution in [0.4, 0.5) is 0 Å². The van der Waals surface area contributed by atoms with Gasteiger partial charge in [-0.3, -0.25) is 4.99 Å². The van der Waals surface area contributed by atoms with Gasteiger partial charge in [0.2, 0.25) is 0 Å². The Kier molecular flexibility index (Phi) is 4.05. The maximum atomic E-state index is 12.0. The van der Waals surface area contributed by atoms with Crippen LogP contribution < -0.4 is 0 Å². The molecular formula is C17H16N2O3. The molecule has 0 aliphatic heterocycles. The molecule has 0 amide bonds. The van der Waals surface area contributed by atoms with Gasteiger partial charge < -0.3 is 14.1 Å². The number of methoxy groups -OCH3 is 1. The molecule has 1 atom stereocenters. The molecule has 2 aromatic heterocycles. The molecule has 0 saturated carbocycles. The van der Waals surface area contributed by atoms with Gasteiger partial charge in [-0.15, -0.1) is 0 Å². The topological polar surface area (TPSA) is 67.6 Å². The van der Waals surface area contributed by atoms with E-state index in [-0.39, 0.29) is 5.97 Å². The van der Waals surface area contributed by atoms with Crippen LogP contribution >= 0.6 is 0 Å². The van der Waals surface area contributed by atoms with E-state index in [0.29, 0.717) is 12.2 Å².